The monoisotopic (exact) mass is 438 g/mol. The number of aromatic nitrogens is 4. The molecule has 3 amide bonds. The smallest absolute Gasteiger partial charge is 0.261 e. The van der Waals surface area contributed by atoms with Crippen molar-refractivity contribution >= 4 is 23.4 Å². The van der Waals surface area contributed by atoms with Crippen molar-refractivity contribution in [3.05, 3.63) is 102 Å². The number of amides is 3. The van der Waals surface area contributed by atoms with Crippen molar-refractivity contribution in [2.24, 2.45) is 0 Å². The molecule has 5 rings (SSSR count). The highest BCUT2D eigenvalue weighted by atomic mass is 16.2. The van der Waals surface area contributed by atoms with E-state index in [9.17, 15) is 14.4 Å². The van der Waals surface area contributed by atoms with Crippen molar-refractivity contribution in [1.29, 1.82) is 0 Å². The average molecular weight is 438 g/mol. The van der Waals surface area contributed by atoms with Crippen molar-refractivity contribution in [1.82, 2.24) is 24.6 Å². The molecule has 0 aliphatic carbocycles. The minimum atomic E-state index is -0.406. The van der Waals surface area contributed by atoms with Crippen LogP contribution in [0.1, 0.15) is 36.6 Å². The number of pyridine rings is 1. The Balaban J connectivity index is 1.29. The van der Waals surface area contributed by atoms with Crippen LogP contribution in [0.15, 0.2) is 79.5 Å². The van der Waals surface area contributed by atoms with Crippen molar-refractivity contribution in [3.63, 3.8) is 0 Å². The maximum absolute atomic E-state index is 12.9. The van der Waals surface area contributed by atoms with Gasteiger partial charge in [0.1, 0.15) is 12.7 Å². The summed E-state index contributed by atoms with van der Waals surface area (Å²) >= 11 is 0. The van der Waals surface area contributed by atoms with E-state index in [1.807, 2.05) is 30.3 Å². The zero-order valence-electron chi connectivity index (χ0n) is 17.4. The Labute approximate surface area is 188 Å². The van der Waals surface area contributed by atoms with Gasteiger partial charge in [-0.05, 0) is 42.3 Å². The van der Waals surface area contributed by atoms with Crippen LogP contribution in [0.3, 0.4) is 0 Å². The molecule has 1 aliphatic heterocycles. The molecule has 2 aromatic carbocycles. The summed E-state index contributed by atoms with van der Waals surface area (Å²) in [4.78, 5) is 47.6. The van der Waals surface area contributed by atoms with Gasteiger partial charge in [-0.3, -0.25) is 19.3 Å². The molecule has 0 saturated carbocycles. The van der Waals surface area contributed by atoms with Gasteiger partial charge in [0.05, 0.1) is 23.0 Å². The second-order valence-electron chi connectivity index (χ2n) is 7.46. The van der Waals surface area contributed by atoms with Gasteiger partial charge in [-0.25, -0.2) is 14.6 Å². The predicted octanol–water partition coefficient (Wildman–Crippen LogP) is 2.75. The van der Waals surface area contributed by atoms with E-state index in [0.29, 0.717) is 23.5 Å². The average Bonchev–Trinajstić information content (AvgIpc) is 3.46. The van der Waals surface area contributed by atoms with Gasteiger partial charge in [0.15, 0.2) is 5.82 Å². The highest BCUT2D eigenvalue weighted by molar-refractivity contribution is 6.22. The van der Waals surface area contributed by atoms with Crippen molar-refractivity contribution in [2.45, 2.75) is 6.42 Å². The van der Waals surface area contributed by atoms with Gasteiger partial charge >= 0.3 is 0 Å². The van der Waals surface area contributed by atoms with E-state index in [1.54, 1.807) is 12.1 Å². The standard InChI is InChI=1S/C24H18N6O3/c31-22(28-18-7-9-21(26-13-18)30-15-25-14-27-30)17-6-8-19-20(12-17)24(33)29(23(19)32)11-10-16-4-2-1-3-5-16/h1-9,12-15H,10-11H2,(H,28,31). The molecule has 2 aromatic heterocycles. The Morgan fingerprint density at radius 3 is 2.48 bits per heavy atom. The lowest BCUT2D eigenvalue weighted by atomic mass is 10.1. The van der Waals surface area contributed by atoms with Gasteiger partial charge in [0, 0.05) is 12.1 Å². The van der Waals surface area contributed by atoms with E-state index in [0.717, 1.165) is 5.56 Å². The SMILES string of the molecule is O=C(Nc1ccc(-n2cncn2)nc1)c1ccc2c(c1)C(=O)N(CCc1ccccc1)C2=O. The van der Waals surface area contributed by atoms with Crippen LogP contribution in [-0.4, -0.2) is 48.9 Å². The molecule has 0 atom stereocenters. The van der Waals surface area contributed by atoms with Crippen LogP contribution in [0.2, 0.25) is 0 Å². The molecule has 33 heavy (non-hydrogen) atoms. The van der Waals surface area contributed by atoms with Crippen LogP contribution < -0.4 is 5.32 Å². The Hall–Kier alpha value is -4.66. The van der Waals surface area contributed by atoms with E-state index >= 15 is 0 Å². The minimum Gasteiger partial charge on any atom is -0.321 e. The van der Waals surface area contributed by atoms with Gasteiger partial charge in [0.2, 0.25) is 0 Å². The summed E-state index contributed by atoms with van der Waals surface area (Å²) < 4.78 is 1.50. The summed E-state index contributed by atoms with van der Waals surface area (Å²) in [5.41, 5.74) is 2.35. The summed E-state index contributed by atoms with van der Waals surface area (Å²) in [5.74, 6) is -0.580. The third-order valence-corrected chi connectivity index (χ3v) is 5.36. The van der Waals surface area contributed by atoms with Crippen molar-refractivity contribution in [2.75, 3.05) is 11.9 Å². The molecule has 0 unspecified atom stereocenters. The second kappa shape index (κ2) is 8.46. The Bertz CT molecular complexity index is 1330. The number of hydrogen-bond donors (Lipinski definition) is 1. The Morgan fingerprint density at radius 2 is 1.76 bits per heavy atom. The van der Waals surface area contributed by atoms with Gasteiger partial charge in [-0.2, -0.15) is 5.10 Å². The lowest BCUT2D eigenvalue weighted by Crippen LogP contribution is -2.31. The number of carbonyl (C=O) groups excluding carboxylic acids is 3. The first-order chi connectivity index (χ1) is 16.1. The van der Waals surface area contributed by atoms with Gasteiger partial charge in [-0.15, -0.1) is 0 Å². The molecule has 1 aliphatic rings. The molecule has 0 bridgehead atoms. The summed E-state index contributed by atoms with van der Waals surface area (Å²) in [6.45, 7) is 0.279. The third kappa shape index (κ3) is 3.99. The molecule has 1 N–H and O–H groups in total. The molecular formula is C24H18N6O3. The first kappa shape index (κ1) is 20.3. The number of rotatable bonds is 6. The molecule has 0 fully saturated rings. The number of benzene rings is 2. The quantitative estimate of drug-likeness (QED) is 0.464. The molecule has 9 heteroatoms. The Morgan fingerprint density at radius 1 is 0.939 bits per heavy atom. The fraction of sp³-hybridized carbons (Fsp3) is 0.0833. The molecule has 0 radical (unpaired) electrons. The van der Waals surface area contributed by atoms with E-state index in [4.69, 9.17) is 0 Å². The molecule has 4 aromatic rings. The Kier molecular flexibility index (Phi) is 5.19. The number of imide groups is 1. The number of anilines is 1. The lowest BCUT2D eigenvalue weighted by molar-refractivity contribution is 0.0656. The van der Waals surface area contributed by atoms with Crippen LogP contribution in [-0.2, 0) is 6.42 Å². The number of nitrogens with one attached hydrogen (secondary N) is 1. The molecule has 0 saturated heterocycles. The highest BCUT2D eigenvalue weighted by Crippen LogP contribution is 2.25. The lowest BCUT2D eigenvalue weighted by Gasteiger charge is -2.13. The largest absolute Gasteiger partial charge is 0.321 e. The van der Waals surface area contributed by atoms with Gasteiger partial charge in [0.25, 0.3) is 17.7 Å². The zero-order chi connectivity index (χ0) is 22.8. The molecule has 9 nitrogen and oxygen atoms in total. The maximum Gasteiger partial charge on any atom is 0.261 e. The van der Waals surface area contributed by atoms with E-state index < -0.39 is 5.91 Å². The first-order valence-corrected chi connectivity index (χ1v) is 10.3. The fourth-order valence-electron chi connectivity index (χ4n) is 3.65. The highest BCUT2D eigenvalue weighted by Gasteiger charge is 2.35. The predicted molar refractivity (Wildman–Crippen MR) is 119 cm³/mol. The number of nitrogens with zero attached hydrogens (tertiary/aromatic N) is 5. The second-order valence-corrected chi connectivity index (χ2v) is 7.46. The number of carbonyl (C=O) groups is 3. The fourth-order valence-corrected chi connectivity index (χ4v) is 3.65. The van der Waals surface area contributed by atoms with Crippen LogP contribution >= 0.6 is 0 Å². The zero-order valence-corrected chi connectivity index (χ0v) is 17.4. The molecular weight excluding hydrogens is 420 g/mol. The molecule has 0 spiro atoms. The summed E-state index contributed by atoms with van der Waals surface area (Å²) in [6, 6.07) is 17.6. The molecule has 162 valence electrons. The van der Waals surface area contributed by atoms with E-state index in [2.05, 4.69) is 20.4 Å². The van der Waals surface area contributed by atoms with Crippen LogP contribution in [0, 0.1) is 0 Å². The van der Waals surface area contributed by atoms with Gasteiger partial charge < -0.3 is 5.32 Å². The topological polar surface area (TPSA) is 110 Å². The van der Waals surface area contributed by atoms with E-state index in [-0.39, 0.29) is 29.5 Å². The number of fused-ring (bicyclic) bond motifs is 1. The minimum absolute atomic E-state index is 0.236. The number of hydrogen-bond acceptors (Lipinski definition) is 6. The molecule has 3 heterocycles. The summed E-state index contributed by atoms with van der Waals surface area (Å²) in [6.07, 6.45) is 4.99. The normalized spacial score (nSPS) is 12.7. The van der Waals surface area contributed by atoms with Gasteiger partial charge in [-0.1, -0.05) is 30.3 Å². The summed E-state index contributed by atoms with van der Waals surface area (Å²) in [5, 5.41) is 6.75. The van der Waals surface area contributed by atoms with Crippen LogP contribution in [0.25, 0.3) is 5.82 Å². The van der Waals surface area contributed by atoms with E-state index in [1.165, 1.54) is 46.6 Å². The summed E-state index contributed by atoms with van der Waals surface area (Å²) in [7, 11) is 0. The third-order valence-electron chi connectivity index (χ3n) is 5.36. The van der Waals surface area contributed by atoms with Crippen molar-refractivity contribution < 1.29 is 14.4 Å². The van der Waals surface area contributed by atoms with Crippen LogP contribution in [0.4, 0.5) is 5.69 Å². The van der Waals surface area contributed by atoms with Crippen molar-refractivity contribution in [3.8, 4) is 5.82 Å². The maximum atomic E-state index is 12.9. The van der Waals surface area contributed by atoms with Crippen LogP contribution in [0.5, 0.6) is 0 Å². The first-order valence-electron chi connectivity index (χ1n) is 10.3.